The highest BCUT2D eigenvalue weighted by molar-refractivity contribution is 9.10. The number of thioether (sulfide) groups is 1. The van der Waals surface area contributed by atoms with Gasteiger partial charge in [-0.2, -0.15) is 0 Å². The van der Waals surface area contributed by atoms with Gasteiger partial charge >= 0.3 is 0 Å². The fourth-order valence-electron chi connectivity index (χ4n) is 3.02. The molecule has 3 amide bonds. The van der Waals surface area contributed by atoms with Crippen molar-refractivity contribution in [2.45, 2.75) is 19.3 Å². The summed E-state index contributed by atoms with van der Waals surface area (Å²) in [4.78, 5) is 40.0. The van der Waals surface area contributed by atoms with Crippen LogP contribution in [0.25, 0.3) is 6.08 Å². The number of hydrogen-bond acceptors (Lipinski definition) is 6. The molecule has 2 heterocycles. The van der Waals surface area contributed by atoms with Crippen LogP contribution in [0.4, 0.5) is 4.79 Å². The summed E-state index contributed by atoms with van der Waals surface area (Å²) in [5.74, 6) is -0.633. The van der Waals surface area contributed by atoms with Gasteiger partial charge in [-0.05, 0) is 49.2 Å². The Morgan fingerprint density at radius 2 is 2.00 bits per heavy atom. The molecule has 2 saturated heterocycles. The van der Waals surface area contributed by atoms with Crippen molar-refractivity contribution in [2.75, 3.05) is 26.7 Å². The molecule has 0 spiro atoms. The molecule has 1 aromatic rings. The van der Waals surface area contributed by atoms with Gasteiger partial charge in [0.1, 0.15) is 6.54 Å². The number of ether oxygens (including phenoxy) is 1. The summed E-state index contributed by atoms with van der Waals surface area (Å²) < 4.78 is 5.75. The second-order valence-electron chi connectivity index (χ2n) is 6.26. The maximum absolute atomic E-state index is 12.6. The third-order valence-corrected chi connectivity index (χ3v) is 5.82. The van der Waals surface area contributed by atoms with Crippen molar-refractivity contribution in [2.24, 2.45) is 0 Å². The molecule has 0 radical (unpaired) electrons. The van der Waals surface area contributed by atoms with E-state index in [0.717, 1.165) is 35.9 Å². The van der Waals surface area contributed by atoms with Crippen LogP contribution < -0.4 is 4.74 Å². The van der Waals surface area contributed by atoms with E-state index >= 15 is 0 Å². The summed E-state index contributed by atoms with van der Waals surface area (Å²) in [6.07, 6.45) is 4.40. The van der Waals surface area contributed by atoms with E-state index in [1.807, 2.05) is 0 Å². The van der Waals surface area contributed by atoms with E-state index in [1.165, 1.54) is 13.2 Å². The van der Waals surface area contributed by atoms with Crippen LogP contribution in [0.15, 0.2) is 21.5 Å². The van der Waals surface area contributed by atoms with E-state index in [2.05, 4.69) is 15.9 Å². The highest BCUT2D eigenvalue weighted by atomic mass is 79.9. The van der Waals surface area contributed by atoms with Crippen LogP contribution in [-0.4, -0.2) is 58.7 Å². The number of carbonyl (C=O) groups is 3. The van der Waals surface area contributed by atoms with E-state index in [9.17, 15) is 19.5 Å². The Kier molecular flexibility index (Phi) is 6.11. The number of amides is 3. The lowest BCUT2D eigenvalue weighted by Crippen LogP contribution is -2.44. The monoisotopic (exact) mass is 454 g/mol. The molecule has 1 N–H and O–H groups in total. The molecule has 0 aliphatic carbocycles. The molecular formula is C18H19BrN2O5S. The van der Waals surface area contributed by atoms with Gasteiger partial charge in [0.25, 0.3) is 11.1 Å². The fraction of sp³-hybridized carbons (Fsp3) is 0.389. The number of likely N-dealkylation sites (tertiary alicyclic amines) is 1. The van der Waals surface area contributed by atoms with Crippen LogP contribution in [0, 0.1) is 0 Å². The van der Waals surface area contributed by atoms with Crippen molar-refractivity contribution in [3.8, 4) is 11.5 Å². The molecule has 1 aromatic carbocycles. The number of hydrogen-bond donors (Lipinski definition) is 1. The second kappa shape index (κ2) is 8.35. The maximum Gasteiger partial charge on any atom is 0.294 e. The zero-order valence-corrected chi connectivity index (χ0v) is 17.1. The average Bonchev–Trinajstić information content (AvgIpc) is 2.92. The minimum atomic E-state index is -0.534. The van der Waals surface area contributed by atoms with Crippen molar-refractivity contribution < 1.29 is 24.2 Å². The van der Waals surface area contributed by atoms with Crippen LogP contribution >= 0.6 is 27.7 Å². The van der Waals surface area contributed by atoms with Crippen LogP contribution in [0.3, 0.4) is 0 Å². The largest absolute Gasteiger partial charge is 0.504 e. The Morgan fingerprint density at radius 1 is 1.30 bits per heavy atom. The molecule has 0 atom stereocenters. The Hall–Kier alpha value is -2.00. The molecule has 0 saturated carbocycles. The number of aromatic hydroxyl groups is 1. The van der Waals surface area contributed by atoms with Gasteiger partial charge in [0, 0.05) is 23.1 Å². The van der Waals surface area contributed by atoms with E-state index in [1.54, 1.807) is 17.0 Å². The lowest BCUT2D eigenvalue weighted by molar-refractivity contribution is -0.136. The van der Waals surface area contributed by atoms with Gasteiger partial charge in [0.15, 0.2) is 11.5 Å². The van der Waals surface area contributed by atoms with Crippen LogP contribution in [0.5, 0.6) is 11.5 Å². The first-order chi connectivity index (χ1) is 12.9. The minimum absolute atomic E-state index is 0.128. The van der Waals surface area contributed by atoms with Gasteiger partial charge in [-0.15, -0.1) is 0 Å². The molecule has 0 unspecified atom stereocenters. The number of halogens is 1. The molecular weight excluding hydrogens is 436 g/mol. The topological polar surface area (TPSA) is 87.2 Å². The van der Waals surface area contributed by atoms with Crippen molar-refractivity contribution in [3.05, 3.63) is 27.1 Å². The quantitative estimate of drug-likeness (QED) is 0.702. The zero-order valence-electron chi connectivity index (χ0n) is 14.7. The molecule has 0 bridgehead atoms. The zero-order chi connectivity index (χ0) is 19.6. The molecule has 2 fully saturated rings. The summed E-state index contributed by atoms with van der Waals surface area (Å²) in [5.41, 5.74) is 0.342. The third kappa shape index (κ3) is 4.30. The summed E-state index contributed by atoms with van der Waals surface area (Å²) >= 11 is 4.07. The normalized spacial score (nSPS) is 19.1. The highest BCUT2D eigenvalue weighted by Crippen LogP contribution is 2.38. The minimum Gasteiger partial charge on any atom is -0.504 e. The Bertz CT molecular complexity index is 820. The number of benzene rings is 1. The predicted molar refractivity (Wildman–Crippen MR) is 105 cm³/mol. The highest BCUT2D eigenvalue weighted by Gasteiger charge is 2.37. The standard InChI is InChI=1S/C18H19BrN2O5S/c1-26-13-9-12(19)7-11(16(13)23)8-14-17(24)21(18(25)27-14)10-15(22)20-5-3-2-4-6-20/h7-9,23H,2-6,10H2,1H3/b14-8-. The average molecular weight is 455 g/mol. The molecule has 2 aliphatic heterocycles. The molecule has 0 aromatic heterocycles. The Morgan fingerprint density at radius 3 is 2.67 bits per heavy atom. The van der Waals surface area contributed by atoms with Gasteiger partial charge in [0.05, 0.1) is 12.0 Å². The summed E-state index contributed by atoms with van der Waals surface area (Å²) in [7, 11) is 1.42. The molecule has 7 nitrogen and oxygen atoms in total. The number of phenolic OH excluding ortho intramolecular Hbond substituents is 1. The van der Waals surface area contributed by atoms with Crippen LogP contribution in [-0.2, 0) is 9.59 Å². The van der Waals surface area contributed by atoms with E-state index in [0.29, 0.717) is 23.1 Å². The molecule has 9 heteroatoms. The first-order valence-corrected chi connectivity index (χ1v) is 10.1. The lowest BCUT2D eigenvalue weighted by atomic mass is 10.1. The summed E-state index contributed by atoms with van der Waals surface area (Å²) in [6.45, 7) is 1.07. The van der Waals surface area contributed by atoms with E-state index in [4.69, 9.17) is 4.74 Å². The molecule has 144 valence electrons. The number of phenols is 1. The molecule has 27 heavy (non-hydrogen) atoms. The summed E-state index contributed by atoms with van der Waals surface area (Å²) in [5, 5.41) is 9.75. The van der Waals surface area contributed by atoms with E-state index in [-0.39, 0.29) is 28.9 Å². The maximum atomic E-state index is 12.6. The van der Waals surface area contributed by atoms with Gasteiger partial charge in [-0.25, -0.2) is 0 Å². The van der Waals surface area contributed by atoms with Gasteiger partial charge in [-0.1, -0.05) is 15.9 Å². The van der Waals surface area contributed by atoms with Gasteiger partial charge in [-0.3, -0.25) is 19.3 Å². The third-order valence-electron chi connectivity index (χ3n) is 4.45. The number of piperidine rings is 1. The summed E-state index contributed by atoms with van der Waals surface area (Å²) in [6, 6.07) is 3.21. The molecule has 2 aliphatic rings. The number of methoxy groups -OCH3 is 1. The van der Waals surface area contributed by atoms with E-state index < -0.39 is 11.1 Å². The number of carbonyl (C=O) groups excluding carboxylic acids is 3. The van der Waals surface area contributed by atoms with Gasteiger partial charge < -0.3 is 14.7 Å². The second-order valence-corrected chi connectivity index (χ2v) is 8.16. The number of imide groups is 1. The predicted octanol–water partition coefficient (Wildman–Crippen LogP) is 3.21. The van der Waals surface area contributed by atoms with Crippen molar-refractivity contribution in [1.29, 1.82) is 0 Å². The first-order valence-electron chi connectivity index (χ1n) is 8.50. The van der Waals surface area contributed by atoms with Crippen LogP contribution in [0.1, 0.15) is 24.8 Å². The van der Waals surface area contributed by atoms with Crippen molar-refractivity contribution in [3.63, 3.8) is 0 Å². The Labute approximate surface area is 169 Å². The van der Waals surface area contributed by atoms with Crippen LogP contribution in [0.2, 0.25) is 0 Å². The van der Waals surface area contributed by atoms with Gasteiger partial charge in [0.2, 0.25) is 5.91 Å². The SMILES string of the molecule is COc1cc(Br)cc(/C=C2\SC(=O)N(CC(=O)N3CCCCC3)C2=O)c1O. The first kappa shape index (κ1) is 19.8. The van der Waals surface area contributed by atoms with Crippen molar-refractivity contribution >= 4 is 50.8 Å². The molecule has 3 rings (SSSR count). The fourth-order valence-corrected chi connectivity index (χ4v) is 4.30. The lowest BCUT2D eigenvalue weighted by Gasteiger charge is -2.27. The number of rotatable bonds is 4. The smallest absolute Gasteiger partial charge is 0.294 e. The Balaban J connectivity index is 1.79. The number of nitrogens with zero attached hydrogens (tertiary/aromatic N) is 2. The van der Waals surface area contributed by atoms with Crippen molar-refractivity contribution in [1.82, 2.24) is 9.80 Å².